The first-order valence-electron chi connectivity index (χ1n) is 9.72. The molecule has 1 heterocycles. The third-order valence-corrected chi connectivity index (χ3v) is 5.09. The lowest BCUT2D eigenvalue weighted by atomic mass is 9.97. The second kappa shape index (κ2) is 7.51. The van der Waals surface area contributed by atoms with Crippen molar-refractivity contribution >= 4 is 33.8 Å². The third kappa shape index (κ3) is 4.04. The van der Waals surface area contributed by atoms with Crippen LogP contribution in [0.4, 0.5) is 11.5 Å². The van der Waals surface area contributed by atoms with Gasteiger partial charge in [0, 0.05) is 17.5 Å². The first-order chi connectivity index (χ1) is 13.9. The number of hydrogen-bond donors (Lipinski definition) is 2. The van der Waals surface area contributed by atoms with Gasteiger partial charge < -0.3 is 11.1 Å². The van der Waals surface area contributed by atoms with E-state index >= 15 is 0 Å². The third-order valence-electron chi connectivity index (χ3n) is 5.09. The van der Waals surface area contributed by atoms with E-state index in [1.807, 2.05) is 50.3 Å². The molecule has 146 valence electrons. The number of nitrogen functional groups attached to an aromatic ring is 1. The van der Waals surface area contributed by atoms with Gasteiger partial charge in [-0.15, -0.1) is 0 Å². The summed E-state index contributed by atoms with van der Waals surface area (Å²) in [7, 11) is 0. The average molecular weight is 384 g/mol. The predicted octanol–water partition coefficient (Wildman–Crippen LogP) is 4.91. The summed E-state index contributed by atoms with van der Waals surface area (Å²) in [6.07, 6.45) is 5.90. The van der Waals surface area contributed by atoms with Crippen LogP contribution in [0.2, 0.25) is 0 Å². The molecule has 0 amide bonds. The van der Waals surface area contributed by atoms with Crippen LogP contribution in [0.15, 0.2) is 54.6 Å². The lowest BCUT2D eigenvalue weighted by Gasteiger charge is -2.18. The Balaban J connectivity index is 1.73. The molecular weight excluding hydrogens is 360 g/mol. The van der Waals surface area contributed by atoms with E-state index in [4.69, 9.17) is 5.73 Å². The van der Waals surface area contributed by atoms with Crippen molar-refractivity contribution in [3.05, 3.63) is 77.1 Å². The number of nitrogens with two attached hydrogens (primary N) is 1. The molecule has 0 saturated carbocycles. The number of carbonyl (C=O) groups is 1. The van der Waals surface area contributed by atoms with Crippen molar-refractivity contribution in [3.8, 4) is 0 Å². The molecule has 1 aliphatic rings. The van der Waals surface area contributed by atoms with Crippen LogP contribution in [-0.4, -0.2) is 15.8 Å². The van der Waals surface area contributed by atoms with Crippen LogP contribution in [0.5, 0.6) is 0 Å². The Bertz CT molecular complexity index is 1160. The number of nitrogens with one attached hydrogen (secondary N) is 1. The smallest absolute Gasteiger partial charge is 0.159 e. The van der Waals surface area contributed by atoms with Crippen LogP contribution in [0.1, 0.15) is 41.9 Å². The number of rotatable bonds is 4. The number of ketones is 1. The number of hydrogen-bond acceptors (Lipinski definition) is 5. The SMILES string of the molecule is Cc1cc(N)cc([C@@H](C)Nc2nc(C)nc3ccc(C4=CCC(=O)C=C4)cc23)c1. The molecule has 0 unspecified atom stereocenters. The van der Waals surface area contributed by atoms with Gasteiger partial charge in [0.2, 0.25) is 0 Å². The van der Waals surface area contributed by atoms with Gasteiger partial charge in [0.15, 0.2) is 5.78 Å². The predicted molar refractivity (Wildman–Crippen MR) is 119 cm³/mol. The fourth-order valence-electron chi connectivity index (χ4n) is 3.66. The summed E-state index contributed by atoms with van der Waals surface area (Å²) in [5, 5.41) is 4.49. The van der Waals surface area contributed by atoms with Crippen LogP contribution in [-0.2, 0) is 4.79 Å². The molecule has 29 heavy (non-hydrogen) atoms. The summed E-state index contributed by atoms with van der Waals surface area (Å²) in [6, 6.07) is 12.2. The molecule has 0 aliphatic heterocycles. The molecule has 0 bridgehead atoms. The van der Waals surface area contributed by atoms with E-state index in [0.717, 1.165) is 44.7 Å². The molecule has 3 N–H and O–H groups in total. The van der Waals surface area contributed by atoms with Crippen LogP contribution in [0, 0.1) is 13.8 Å². The zero-order valence-electron chi connectivity index (χ0n) is 16.9. The average Bonchev–Trinajstić information content (AvgIpc) is 2.67. The van der Waals surface area contributed by atoms with Crippen molar-refractivity contribution in [1.82, 2.24) is 9.97 Å². The van der Waals surface area contributed by atoms with E-state index in [1.54, 1.807) is 6.08 Å². The van der Waals surface area contributed by atoms with Gasteiger partial charge in [0.25, 0.3) is 0 Å². The zero-order chi connectivity index (χ0) is 20.5. The molecule has 5 heteroatoms. The molecule has 1 aliphatic carbocycles. The Morgan fingerprint density at radius 3 is 2.62 bits per heavy atom. The van der Waals surface area contributed by atoms with Gasteiger partial charge in [-0.1, -0.05) is 24.3 Å². The molecule has 5 nitrogen and oxygen atoms in total. The molecule has 0 fully saturated rings. The van der Waals surface area contributed by atoms with Crippen molar-refractivity contribution in [1.29, 1.82) is 0 Å². The van der Waals surface area contributed by atoms with Gasteiger partial charge >= 0.3 is 0 Å². The minimum absolute atomic E-state index is 0.0322. The Hall–Kier alpha value is -3.47. The van der Waals surface area contributed by atoms with E-state index in [9.17, 15) is 4.79 Å². The summed E-state index contributed by atoms with van der Waals surface area (Å²) in [5.41, 5.74) is 12.0. The lowest BCUT2D eigenvalue weighted by Crippen LogP contribution is -2.10. The van der Waals surface area contributed by atoms with E-state index < -0.39 is 0 Å². The summed E-state index contributed by atoms with van der Waals surface area (Å²) in [5.74, 6) is 1.63. The van der Waals surface area contributed by atoms with Crippen molar-refractivity contribution in [2.75, 3.05) is 11.1 Å². The molecule has 3 aromatic rings. The highest BCUT2D eigenvalue weighted by Gasteiger charge is 2.13. The minimum Gasteiger partial charge on any atom is -0.399 e. The minimum atomic E-state index is 0.0322. The van der Waals surface area contributed by atoms with Gasteiger partial charge in [-0.25, -0.2) is 9.97 Å². The maximum absolute atomic E-state index is 11.5. The highest BCUT2D eigenvalue weighted by atomic mass is 16.1. The van der Waals surface area contributed by atoms with Crippen LogP contribution in [0.3, 0.4) is 0 Å². The van der Waals surface area contributed by atoms with Gasteiger partial charge in [-0.2, -0.15) is 0 Å². The number of nitrogens with zero attached hydrogens (tertiary/aromatic N) is 2. The van der Waals surface area contributed by atoms with Gasteiger partial charge in [0.1, 0.15) is 11.6 Å². The fraction of sp³-hybridized carbons (Fsp3) is 0.208. The largest absolute Gasteiger partial charge is 0.399 e. The van der Waals surface area contributed by atoms with Crippen molar-refractivity contribution in [3.63, 3.8) is 0 Å². The molecule has 0 saturated heterocycles. The van der Waals surface area contributed by atoms with Gasteiger partial charge in [0.05, 0.1) is 11.6 Å². The number of fused-ring (bicyclic) bond motifs is 1. The van der Waals surface area contributed by atoms with Crippen molar-refractivity contribution in [2.24, 2.45) is 0 Å². The first kappa shape index (κ1) is 18.9. The highest BCUT2D eigenvalue weighted by molar-refractivity contribution is 5.99. The Labute approximate surface area is 170 Å². The van der Waals surface area contributed by atoms with E-state index in [1.165, 1.54) is 0 Å². The Morgan fingerprint density at radius 2 is 1.90 bits per heavy atom. The Morgan fingerprint density at radius 1 is 1.07 bits per heavy atom. The maximum atomic E-state index is 11.5. The summed E-state index contributed by atoms with van der Waals surface area (Å²) in [6.45, 7) is 6.03. The van der Waals surface area contributed by atoms with Crippen molar-refractivity contribution in [2.45, 2.75) is 33.2 Å². The second-order valence-electron chi connectivity index (χ2n) is 7.56. The zero-order valence-corrected chi connectivity index (χ0v) is 16.9. The van der Waals surface area contributed by atoms with Gasteiger partial charge in [-0.05, 0) is 73.4 Å². The molecule has 0 radical (unpaired) electrons. The van der Waals surface area contributed by atoms with E-state index in [2.05, 4.69) is 34.3 Å². The summed E-state index contributed by atoms with van der Waals surface area (Å²) < 4.78 is 0. The topological polar surface area (TPSA) is 80.9 Å². The molecule has 0 spiro atoms. The van der Waals surface area contributed by atoms with Crippen LogP contribution in [0.25, 0.3) is 16.5 Å². The lowest BCUT2D eigenvalue weighted by molar-refractivity contribution is -0.113. The molecule has 1 aromatic heterocycles. The maximum Gasteiger partial charge on any atom is 0.159 e. The number of carbonyl (C=O) groups excluding carboxylic acids is 1. The normalized spacial score (nSPS) is 14.7. The monoisotopic (exact) mass is 384 g/mol. The van der Waals surface area contributed by atoms with E-state index in [0.29, 0.717) is 12.2 Å². The van der Waals surface area contributed by atoms with Gasteiger partial charge in [-0.3, -0.25) is 4.79 Å². The Kier molecular flexibility index (Phi) is 4.89. The standard InChI is InChI=1S/C24H24N4O/c1-14-10-19(12-20(25)11-14)15(2)26-24-22-13-18(17-4-7-21(29)8-5-17)6-9-23(22)27-16(3)28-24/h4-7,9-13,15H,8,25H2,1-3H3,(H,26,27,28)/t15-/m1/s1. The van der Waals surface area contributed by atoms with E-state index in [-0.39, 0.29) is 11.8 Å². The first-order valence-corrected chi connectivity index (χ1v) is 9.72. The molecule has 2 aromatic carbocycles. The molecule has 4 rings (SSSR count). The number of aryl methyl sites for hydroxylation is 2. The van der Waals surface area contributed by atoms with Crippen molar-refractivity contribution < 1.29 is 4.79 Å². The van der Waals surface area contributed by atoms with Crippen LogP contribution < -0.4 is 11.1 Å². The number of aromatic nitrogens is 2. The fourth-order valence-corrected chi connectivity index (χ4v) is 3.66. The number of anilines is 2. The number of benzene rings is 2. The van der Waals surface area contributed by atoms with Crippen LogP contribution >= 0.6 is 0 Å². The molecular formula is C24H24N4O. The summed E-state index contributed by atoms with van der Waals surface area (Å²) >= 11 is 0. The quantitative estimate of drug-likeness (QED) is 0.625. The second-order valence-corrected chi connectivity index (χ2v) is 7.56. The number of allylic oxidation sites excluding steroid dienone is 4. The summed E-state index contributed by atoms with van der Waals surface area (Å²) in [4.78, 5) is 20.7. The molecule has 1 atom stereocenters. The highest BCUT2D eigenvalue weighted by Crippen LogP contribution is 2.30.